The number of hydrogen-bond donors (Lipinski definition) is 2. The molecule has 4 aliphatic carbocycles. The molecule has 2 aromatic rings. The molecule has 0 bridgehead atoms. The van der Waals surface area contributed by atoms with E-state index in [-0.39, 0.29) is 42.1 Å². The fourth-order valence-electron chi connectivity index (χ4n) is 10.9. The maximum absolute atomic E-state index is 15.2. The summed E-state index contributed by atoms with van der Waals surface area (Å²) in [6.07, 6.45) is 7.66. The molecule has 0 fully saturated rings. The molecule has 4 unspecified atom stereocenters. The van der Waals surface area contributed by atoms with E-state index >= 15 is 9.59 Å². The summed E-state index contributed by atoms with van der Waals surface area (Å²) < 4.78 is 0. The number of carbonyl (C=O) groups excluding carboxylic acids is 2. The molecule has 268 valence electrons. The van der Waals surface area contributed by atoms with Crippen LogP contribution in [0.5, 0.6) is 0 Å². The van der Waals surface area contributed by atoms with Crippen molar-refractivity contribution >= 4 is 23.2 Å². The third-order valence-electron chi connectivity index (χ3n) is 13.1. The third-order valence-corrected chi connectivity index (χ3v) is 13.1. The maximum atomic E-state index is 15.2. The Morgan fingerprint density at radius 1 is 0.618 bits per heavy atom. The minimum atomic E-state index is -2.17. The highest BCUT2D eigenvalue weighted by atomic mass is 16.2. The molecule has 0 radical (unpaired) electrons. The summed E-state index contributed by atoms with van der Waals surface area (Å²) in [5, 5.41) is 63.8. The molecule has 2 aromatic carbocycles. The first kappa shape index (κ1) is 34.9. The molecule has 6 aliphatic rings. The normalized spacial score (nSPS) is 28.0. The molecule has 12 heteroatoms. The number of nitrogens with zero attached hydrogens (tertiary/aromatic N) is 8. The Kier molecular flexibility index (Phi) is 7.76. The molecule has 0 saturated carbocycles. The van der Waals surface area contributed by atoms with E-state index in [2.05, 4.69) is 36.4 Å². The van der Waals surface area contributed by atoms with Crippen LogP contribution in [0.1, 0.15) is 56.1 Å². The van der Waals surface area contributed by atoms with Gasteiger partial charge in [0, 0.05) is 36.3 Å². The van der Waals surface area contributed by atoms with Gasteiger partial charge in [-0.1, -0.05) is 48.6 Å². The van der Waals surface area contributed by atoms with Crippen molar-refractivity contribution in [2.45, 2.75) is 55.8 Å². The van der Waals surface area contributed by atoms with E-state index in [9.17, 15) is 31.6 Å². The molecule has 4 atom stereocenters. The van der Waals surface area contributed by atoms with Crippen molar-refractivity contribution in [2.24, 2.45) is 34.1 Å². The predicted octanol–water partition coefficient (Wildman–Crippen LogP) is 4.97. The number of nitrogens with two attached hydrogens (primary N) is 2. The Labute approximate surface area is 318 Å². The number of nitriles is 6. The largest absolute Gasteiger partial charge is 0.399 e. The van der Waals surface area contributed by atoms with Gasteiger partial charge in [-0.3, -0.25) is 9.59 Å². The zero-order valence-corrected chi connectivity index (χ0v) is 29.8. The monoisotopic (exact) mass is 722 g/mol. The number of hydrogen-bond acceptors (Lipinski definition) is 10. The van der Waals surface area contributed by atoms with Gasteiger partial charge in [0.25, 0.3) is 0 Å². The summed E-state index contributed by atoms with van der Waals surface area (Å²) >= 11 is 0. The SMILES string of the molecule is N#CC1=C(N)C(C#N)(C#N)C2(C(=O)N(CCCN3C(=O)C4(c5ccccc53)C3CCCC=C3C(C#N)=C(N)C4(C#N)C#N)c3ccccc32)C2CCCC=C12. The lowest BCUT2D eigenvalue weighted by molar-refractivity contribution is -0.127. The van der Waals surface area contributed by atoms with Crippen LogP contribution in [-0.4, -0.2) is 24.9 Å². The number of carbonyl (C=O) groups is 2. The Bertz CT molecular complexity index is 2320. The molecule has 2 spiro atoms. The van der Waals surface area contributed by atoms with Crippen molar-refractivity contribution in [1.82, 2.24) is 0 Å². The van der Waals surface area contributed by atoms with E-state index in [1.165, 1.54) is 0 Å². The van der Waals surface area contributed by atoms with E-state index in [0.29, 0.717) is 72.2 Å². The first-order valence-electron chi connectivity index (χ1n) is 18.4. The highest BCUT2D eigenvalue weighted by molar-refractivity contribution is 6.12. The fraction of sp³-hybridized carbons (Fsp3) is 0.349. The number of amides is 2. The third kappa shape index (κ3) is 3.84. The molecule has 0 saturated heterocycles. The van der Waals surface area contributed by atoms with Crippen LogP contribution in [0.25, 0.3) is 0 Å². The fourth-order valence-corrected chi connectivity index (χ4v) is 10.9. The molecule has 2 heterocycles. The van der Waals surface area contributed by atoms with Crippen molar-refractivity contribution in [3.63, 3.8) is 0 Å². The number of fused-ring (bicyclic) bond motifs is 8. The predicted molar refractivity (Wildman–Crippen MR) is 197 cm³/mol. The summed E-state index contributed by atoms with van der Waals surface area (Å²) in [6.45, 7) is 0.168. The number of para-hydroxylation sites is 2. The second kappa shape index (κ2) is 12.2. The number of anilines is 2. The Morgan fingerprint density at radius 3 is 1.36 bits per heavy atom. The van der Waals surface area contributed by atoms with Crippen LogP contribution in [0.4, 0.5) is 11.4 Å². The quantitative estimate of drug-likeness (QED) is 0.430. The van der Waals surface area contributed by atoms with E-state index in [4.69, 9.17) is 11.5 Å². The van der Waals surface area contributed by atoms with E-state index < -0.39 is 45.3 Å². The van der Waals surface area contributed by atoms with Gasteiger partial charge in [0.2, 0.25) is 22.6 Å². The highest BCUT2D eigenvalue weighted by Crippen LogP contribution is 2.66. The molecule has 2 amide bonds. The Morgan fingerprint density at radius 2 is 1.00 bits per heavy atom. The van der Waals surface area contributed by atoms with Crippen LogP contribution in [0, 0.1) is 90.7 Å². The molecular formula is C43H34N10O2. The van der Waals surface area contributed by atoms with Crippen LogP contribution in [0.2, 0.25) is 0 Å². The second-order valence-electron chi connectivity index (χ2n) is 15.0. The van der Waals surface area contributed by atoms with E-state index in [1.807, 2.05) is 12.2 Å². The van der Waals surface area contributed by atoms with Crippen molar-refractivity contribution in [3.05, 3.63) is 105 Å². The van der Waals surface area contributed by atoms with Crippen molar-refractivity contribution in [2.75, 3.05) is 22.9 Å². The van der Waals surface area contributed by atoms with E-state index in [1.54, 1.807) is 58.3 Å². The highest BCUT2D eigenvalue weighted by Gasteiger charge is 2.74. The van der Waals surface area contributed by atoms with Crippen molar-refractivity contribution in [1.29, 1.82) is 31.6 Å². The smallest absolute Gasteiger partial charge is 0.241 e. The molecule has 0 aromatic heterocycles. The Hall–Kier alpha value is -7.12. The van der Waals surface area contributed by atoms with Gasteiger partial charge in [0.1, 0.15) is 23.0 Å². The average Bonchev–Trinajstić information content (AvgIpc) is 3.62. The van der Waals surface area contributed by atoms with Gasteiger partial charge in [-0.25, -0.2) is 0 Å². The number of benzene rings is 2. The van der Waals surface area contributed by atoms with Crippen molar-refractivity contribution in [3.8, 4) is 36.4 Å². The standard InChI is InChI=1S/C43H34N10O2/c44-20-28-26-10-1-3-12-30(26)42(40(22-46,23-47)36(28)50)32-14-5-7-16-34(32)52(38(42)54)18-9-19-53-35-17-8-6-15-33(35)43(39(53)55)31-13-4-2-11-27(31)29(21-45)37(51)41(43,24-48)25-49/h5-8,10-11,14-17,30-31H,1-4,9,12-13,18-19,50-51H2. The summed E-state index contributed by atoms with van der Waals surface area (Å²) in [5.41, 5.74) is 8.32. The first-order valence-corrected chi connectivity index (χ1v) is 18.4. The lowest BCUT2D eigenvalue weighted by Gasteiger charge is -2.50. The van der Waals surface area contributed by atoms with Crippen LogP contribution in [0.15, 0.2) is 94.4 Å². The van der Waals surface area contributed by atoms with Gasteiger partial charge in [0.05, 0.1) is 46.8 Å². The van der Waals surface area contributed by atoms with Crippen LogP contribution < -0.4 is 21.3 Å². The molecule has 4 N–H and O–H groups in total. The van der Waals surface area contributed by atoms with Gasteiger partial charge < -0.3 is 21.3 Å². The van der Waals surface area contributed by atoms with Crippen LogP contribution in [0.3, 0.4) is 0 Å². The summed E-state index contributed by atoms with van der Waals surface area (Å²) in [7, 11) is 0. The molecule has 8 rings (SSSR count). The van der Waals surface area contributed by atoms with Gasteiger partial charge in [-0.15, -0.1) is 0 Å². The Balaban J connectivity index is 1.21. The van der Waals surface area contributed by atoms with Crippen molar-refractivity contribution < 1.29 is 9.59 Å². The minimum absolute atomic E-state index is 0.0733. The van der Waals surface area contributed by atoms with Crippen LogP contribution >= 0.6 is 0 Å². The maximum Gasteiger partial charge on any atom is 0.241 e. The summed E-state index contributed by atoms with van der Waals surface area (Å²) in [4.78, 5) is 33.6. The van der Waals surface area contributed by atoms with Gasteiger partial charge in [-0.05, 0) is 79.4 Å². The first-order chi connectivity index (χ1) is 26.7. The molecule has 12 nitrogen and oxygen atoms in total. The summed E-state index contributed by atoms with van der Waals surface area (Å²) in [6, 6.07) is 26.9. The van der Waals surface area contributed by atoms with E-state index in [0.717, 1.165) is 0 Å². The topological polar surface area (TPSA) is 235 Å². The molecular weight excluding hydrogens is 689 g/mol. The zero-order valence-electron chi connectivity index (χ0n) is 29.8. The zero-order chi connectivity index (χ0) is 38.9. The molecule has 55 heavy (non-hydrogen) atoms. The van der Waals surface area contributed by atoms with Gasteiger partial charge >= 0.3 is 0 Å². The minimum Gasteiger partial charge on any atom is -0.399 e. The lowest BCUT2D eigenvalue weighted by Crippen LogP contribution is -2.61. The van der Waals surface area contributed by atoms with Gasteiger partial charge in [-0.2, -0.15) is 31.6 Å². The van der Waals surface area contributed by atoms with Gasteiger partial charge in [0.15, 0.2) is 0 Å². The average molecular weight is 723 g/mol. The lowest BCUT2D eigenvalue weighted by atomic mass is 9.47. The molecule has 2 aliphatic heterocycles. The number of rotatable bonds is 4. The summed E-state index contributed by atoms with van der Waals surface area (Å²) in [5.74, 6) is -2.25. The van der Waals surface area contributed by atoms with Crippen LogP contribution in [-0.2, 0) is 20.4 Å². The second-order valence-corrected chi connectivity index (χ2v) is 15.0. The number of allylic oxidation sites excluding steroid dienone is 8.